The summed E-state index contributed by atoms with van der Waals surface area (Å²) in [6, 6.07) is 1.15. The number of hydrogen-bond donors (Lipinski definition) is 2. The van der Waals surface area contributed by atoms with Gasteiger partial charge in [0.05, 0.1) is 6.54 Å². The van der Waals surface area contributed by atoms with E-state index in [9.17, 15) is 4.79 Å². The molecule has 6 heteroatoms. The van der Waals surface area contributed by atoms with Crippen LogP contribution in [0.3, 0.4) is 0 Å². The van der Waals surface area contributed by atoms with Crippen molar-refractivity contribution in [2.45, 2.75) is 52.6 Å². The minimum atomic E-state index is 0.166. The zero-order valence-corrected chi connectivity index (χ0v) is 17.5. The second kappa shape index (κ2) is 11.2. The smallest absolute Gasteiger partial charge is 0.234 e. The Labute approximate surface area is 160 Å². The molecule has 0 bridgehead atoms. The second-order valence-corrected chi connectivity index (χ2v) is 8.61. The average Bonchev–Trinajstić information content (AvgIpc) is 2.61. The molecule has 2 saturated heterocycles. The SMILES string of the molecule is CC(C)NCCNC(=O)CN1CCC(CN2CCN(C(C)C)CC2)CC1. The Morgan fingerprint density at radius 3 is 2.15 bits per heavy atom. The van der Waals surface area contributed by atoms with E-state index in [1.807, 2.05) is 0 Å². The van der Waals surface area contributed by atoms with Crippen molar-refractivity contribution < 1.29 is 4.79 Å². The van der Waals surface area contributed by atoms with E-state index in [1.165, 1.54) is 45.6 Å². The lowest BCUT2D eigenvalue weighted by Gasteiger charge is -2.40. The fourth-order valence-electron chi connectivity index (χ4n) is 3.98. The van der Waals surface area contributed by atoms with Crippen molar-refractivity contribution in [3.63, 3.8) is 0 Å². The number of nitrogens with zero attached hydrogens (tertiary/aromatic N) is 3. The van der Waals surface area contributed by atoms with Crippen LogP contribution in [0.2, 0.25) is 0 Å². The number of nitrogens with one attached hydrogen (secondary N) is 2. The first-order valence-electron chi connectivity index (χ1n) is 10.6. The zero-order chi connectivity index (χ0) is 18.9. The Balaban J connectivity index is 1.55. The first-order valence-corrected chi connectivity index (χ1v) is 10.6. The van der Waals surface area contributed by atoms with E-state index in [0.717, 1.165) is 32.1 Å². The maximum Gasteiger partial charge on any atom is 0.234 e. The molecule has 0 radical (unpaired) electrons. The molecule has 2 rings (SSSR count). The fraction of sp³-hybridized carbons (Fsp3) is 0.950. The third kappa shape index (κ3) is 7.91. The van der Waals surface area contributed by atoms with Crippen molar-refractivity contribution in [1.82, 2.24) is 25.3 Å². The second-order valence-electron chi connectivity index (χ2n) is 8.61. The summed E-state index contributed by atoms with van der Waals surface area (Å²) in [6.07, 6.45) is 2.46. The van der Waals surface area contributed by atoms with Gasteiger partial charge in [0.15, 0.2) is 0 Å². The molecular weight excluding hydrogens is 326 g/mol. The van der Waals surface area contributed by atoms with Crippen LogP contribution in [-0.2, 0) is 4.79 Å². The van der Waals surface area contributed by atoms with Crippen molar-refractivity contribution in [3.05, 3.63) is 0 Å². The molecule has 0 aliphatic carbocycles. The number of piperidine rings is 1. The third-order valence-corrected chi connectivity index (χ3v) is 5.73. The summed E-state index contributed by atoms with van der Waals surface area (Å²) in [7, 11) is 0. The zero-order valence-electron chi connectivity index (χ0n) is 17.5. The molecule has 2 fully saturated rings. The number of likely N-dealkylation sites (tertiary alicyclic amines) is 1. The van der Waals surface area contributed by atoms with Crippen LogP contribution in [0.5, 0.6) is 0 Å². The Morgan fingerprint density at radius 2 is 1.58 bits per heavy atom. The molecule has 0 spiro atoms. The van der Waals surface area contributed by atoms with E-state index >= 15 is 0 Å². The molecule has 1 amide bonds. The first kappa shape index (κ1) is 21.6. The lowest BCUT2D eigenvalue weighted by atomic mass is 9.96. The van der Waals surface area contributed by atoms with Crippen molar-refractivity contribution in [2.24, 2.45) is 5.92 Å². The van der Waals surface area contributed by atoms with Crippen LogP contribution in [-0.4, -0.2) is 98.1 Å². The van der Waals surface area contributed by atoms with Crippen molar-refractivity contribution in [3.8, 4) is 0 Å². The number of piperazine rings is 1. The number of amides is 1. The molecule has 2 aliphatic rings. The molecule has 2 aliphatic heterocycles. The highest BCUT2D eigenvalue weighted by Gasteiger charge is 2.25. The molecule has 0 atom stereocenters. The molecule has 2 heterocycles. The Hall–Kier alpha value is -0.690. The Bertz CT molecular complexity index is 399. The predicted octanol–water partition coefficient (Wildman–Crippen LogP) is 0.839. The van der Waals surface area contributed by atoms with Gasteiger partial charge in [-0.3, -0.25) is 14.6 Å². The van der Waals surface area contributed by atoms with E-state index in [4.69, 9.17) is 0 Å². The number of hydrogen-bond acceptors (Lipinski definition) is 5. The summed E-state index contributed by atoms with van der Waals surface area (Å²) in [5, 5.41) is 6.34. The van der Waals surface area contributed by atoms with Gasteiger partial charge in [-0.2, -0.15) is 0 Å². The summed E-state index contributed by atoms with van der Waals surface area (Å²) in [6.45, 7) is 19.2. The van der Waals surface area contributed by atoms with Gasteiger partial charge in [-0.25, -0.2) is 0 Å². The van der Waals surface area contributed by atoms with Crippen LogP contribution in [0.25, 0.3) is 0 Å². The quantitative estimate of drug-likeness (QED) is 0.592. The molecule has 0 aromatic heterocycles. The van der Waals surface area contributed by atoms with E-state index in [0.29, 0.717) is 18.6 Å². The van der Waals surface area contributed by atoms with E-state index in [1.54, 1.807) is 0 Å². The molecule has 26 heavy (non-hydrogen) atoms. The number of rotatable bonds is 9. The lowest BCUT2D eigenvalue weighted by molar-refractivity contribution is -0.122. The van der Waals surface area contributed by atoms with Gasteiger partial charge in [0.2, 0.25) is 5.91 Å². The van der Waals surface area contributed by atoms with E-state index in [-0.39, 0.29) is 5.91 Å². The predicted molar refractivity (Wildman–Crippen MR) is 108 cm³/mol. The normalized spacial score (nSPS) is 21.6. The molecule has 0 aromatic rings. The number of carbonyl (C=O) groups excluding carboxylic acids is 1. The van der Waals surface area contributed by atoms with Crippen molar-refractivity contribution in [1.29, 1.82) is 0 Å². The summed E-state index contributed by atoms with van der Waals surface area (Å²) >= 11 is 0. The van der Waals surface area contributed by atoms with Gasteiger partial charge < -0.3 is 15.5 Å². The van der Waals surface area contributed by atoms with Gasteiger partial charge in [-0.05, 0) is 45.7 Å². The highest BCUT2D eigenvalue weighted by Crippen LogP contribution is 2.19. The van der Waals surface area contributed by atoms with Gasteiger partial charge in [0.1, 0.15) is 0 Å². The van der Waals surface area contributed by atoms with Gasteiger partial charge in [-0.15, -0.1) is 0 Å². The van der Waals surface area contributed by atoms with Gasteiger partial charge in [0, 0.05) is 57.9 Å². The maximum atomic E-state index is 12.0. The minimum absolute atomic E-state index is 0.166. The molecule has 2 N–H and O–H groups in total. The van der Waals surface area contributed by atoms with Gasteiger partial charge >= 0.3 is 0 Å². The summed E-state index contributed by atoms with van der Waals surface area (Å²) in [5.74, 6) is 0.967. The Kier molecular flexibility index (Phi) is 9.33. The molecule has 0 saturated carbocycles. The van der Waals surface area contributed by atoms with Gasteiger partial charge in [-0.1, -0.05) is 13.8 Å². The minimum Gasteiger partial charge on any atom is -0.354 e. The van der Waals surface area contributed by atoms with Crippen LogP contribution < -0.4 is 10.6 Å². The van der Waals surface area contributed by atoms with Gasteiger partial charge in [0.25, 0.3) is 0 Å². The van der Waals surface area contributed by atoms with Crippen LogP contribution in [0.4, 0.5) is 0 Å². The number of carbonyl (C=O) groups is 1. The largest absolute Gasteiger partial charge is 0.354 e. The Morgan fingerprint density at radius 1 is 0.923 bits per heavy atom. The highest BCUT2D eigenvalue weighted by molar-refractivity contribution is 5.78. The monoisotopic (exact) mass is 367 g/mol. The summed E-state index contributed by atoms with van der Waals surface area (Å²) in [5.41, 5.74) is 0. The molecule has 6 nitrogen and oxygen atoms in total. The van der Waals surface area contributed by atoms with Crippen LogP contribution >= 0.6 is 0 Å². The van der Waals surface area contributed by atoms with Crippen molar-refractivity contribution >= 4 is 5.91 Å². The molecular formula is C20H41N5O. The maximum absolute atomic E-state index is 12.0. The van der Waals surface area contributed by atoms with Crippen LogP contribution in [0, 0.1) is 5.92 Å². The van der Waals surface area contributed by atoms with Crippen LogP contribution in [0.1, 0.15) is 40.5 Å². The standard InChI is InChI=1S/C20H41N5O/c1-17(2)21-7-8-22-20(26)16-23-9-5-19(6-10-23)15-24-11-13-25(14-12-24)18(3)4/h17-19,21H,5-16H2,1-4H3,(H,22,26). The molecule has 0 aromatic carbocycles. The molecule has 0 unspecified atom stereocenters. The first-order chi connectivity index (χ1) is 12.4. The van der Waals surface area contributed by atoms with Crippen LogP contribution in [0.15, 0.2) is 0 Å². The summed E-state index contributed by atoms with van der Waals surface area (Å²) < 4.78 is 0. The topological polar surface area (TPSA) is 50.9 Å². The van der Waals surface area contributed by atoms with E-state index < -0.39 is 0 Å². The van der Waals surface area contributed by atoms with E-state index in [2.05, 4.69) is 53.0 Å². The lowest BCUT2D eigenvalue weighted by Crippen LogP contribution is -2.51. The molecule has 152 valence electrons. The fourth-order valence-corrected chi connectivity index (χ4v) is 3.98. The van der Waals surface area contributed by atoms with Crippen molar-refractivity contribution in [2.75, 3.05) is 65.4 Å². The average molecular weight is 368 g/mol. The highest BCUT2D eigenvalue weighted by atomic mass is 16.2. The summed E-state index contributed by atoms with van der Waals surface area (Å²) in [4.78, 5) is 19.6. The third-order valence-electron chi connectivity index (χ3n) is 5.73.